The van der Waals surface area contributed by atoms with Crippen LogP contribution in [0.5, 0.6) is 5.75 Å². The zero-order valence-corrected chi connectivity index (χ0v) is 16.1. The van der Waals surface area contributed by atoms with Gasteiger partial charge < -0.3 is 19.0 Å². The first-order valence-corrected chi connectivity index (χ1v) is 8.90. The summed E-state index contributed by atoms with van der Waals surface area (Å²) in [6.07, 6.45) is 0. The SMILES string of the molecule is COc1cc(B2OC(C)(C)C(C)(C)O2)c(F)c2nc(-c3ccccc3)[nH]c12. The quantitative estimate of drug-likeness (QED) is 0.717. The van der Waals surface area contributed by atoms with Gasteiger partial charge in [-0.2, -0.15) is 0 Å². The highest BCUT2D eigenvalue weighted by Crippen LogP contribution is 2.38. The molecular formula is C20H22BFN2O3. The van der Waals surface area contributed by atoms with E-state index in [1.165, 1.54) is 0 Å². The normalized spacial score (nSPS) is 18.2. The molecule has 1 aliphatic rings. The Kier molecular flexibility index (Phi) is 4.05. The Morgan fingerprint density at radius 1 is 1.07 bits per heavy atom. The van der Waals surface area contributed by atoms with Gasteiger partial charge in [0.1, 0.15) is 22.6 Å². The number of fused-ring (bicyclic) bond motifs is 1. The van der Waals surface area contributed by atoms with Gasteiger partial charge in [0.05, 0.1) is 18.3 Å². The Morgan fingerprint density at radius 2 is 1.70 bits per heavy atom. The zero-order valence-electron chi connectivity index (χ0n) is 16.1. The highest BCUT2D eigenvalue weighted by atomic mass is 19.1. The molecule has 1 N–H and O–H groups in total. The van der Waals surface area contributed by atoms with Gasteiger partial charge in [-0.25, -0.2) is 9.37 Å². The van der Waals surface area contributed by atoms with Crippen LogP contribution < -0.4 is 10.2 Å². The fraction of sp³-hybridized carbons (Fsp3) is 0.350. The second-order valence-corrected chi connectivity index (χ2v) is 7.75. The average molecular weight is 368 g/mol. The van der Waals surface area contributed by atoms with Crippen LogP contribution in [0.15, 0.2) is 36.4 Å². The number of benzene rings is 2. The van der Waals surface area contributed by atoms with E-state index in [1.54, 1.807) is 13.2 Å². The molecule has 3 aromatic rings. The lowest BCUT2D eigenvalue weighted by Gasteiger charge is -2.32. The number of nitrogens with one attached hydrogen (secondary N) is 1. The molecule has 1 aromatic heterocycles. The van der Waals surface area contributed by atoms with Crippen LogP contribution in [0.25, 0.3) is 22.4 Å². The van der Waals surface area contributed by atoms with Gasteiger partial charge in [0, 0.05) is 11.0 Å². The second kappa shape index (κ2) is 6.07. The molecule has 27 heavy (non-hydrogen) atoms. The summed E-state index contributed by atoms with van der Waals surface area (Å²) in [6.45, 7) is 7.73. The molecule has 2 heterocycles. The summed E-state index contributed by atoms with van der Waals surface area (Å²) in [5.41, 5.74) is 0.739. The maximum Gasteiger partial charge on any atom is 0.498 e. The van der Waals surface area contributed by atoms with E-state index < -0.39 is 24.1 Å². The van der Waals surface area contributed by atoms with Crippen molar-refractivity contribution in [2.24, 2.45) is 0 Å². The summed E-state index contributed by atoms with van der Waals surface area (Å²) in [4.78, 5) is 7.64. The lowest BCUT2D eigenvalue weighted by molar-refractivity contribution is 0.00578. The topological polar surface area (TPSA) is 56.4 Å². The maximum atomic E-state index is 15.4. The van der Waals surface area contributed by atoms with Crippen LogP contribution in [0.1, 0.15) is 27.7 Å². The van der Waals surface area contributed by atoms with E-state index in [-0.39, 0.29) is 11.0 Å². The van der Waals surface area contributed by atoms with E-state index >= 15 is 4.39 Å². The Morgan fingerprint density at radius 3 is 2.30 bits per heavy atom. The average Bonchev–Trinajstić information content (AvgIpc) is 3.16. The second-order valence-electron chi connectivity index (χ2n) is 7.75. The van der Waals surface area contributed by atoms with Gasteiger partial charge in [-0.3, -0.25) is 0 Å². The third-order valence-corrected chi connectivity index (χ3v) is 5.47. The summed E-state index contributed by atoms with van der Waals surface area (Å²) < 4.78 is 32.9. The van der Waals surface area contributed by atoms with Crippen molar-refractivity contribution in [2.45, 2.75) is 38.9 Å². The number of rotatable bonds is 3. The highest BCUT2D eigenvalue weighted by Gasteiger charge is 2.52. The molecule has 1 fully saturated rings. The molecule has 2 aromatic carbocycles. The molecular weight excluding hydrogens is 346 g/mol. The summed E-state index contributed by atoms with van der Waals surface area (Å²) >= 11 is 0. The molecule has 5 nitrogen and oxygen atoms in total. The highest BCUT2D eigenvalue weighted by molar-refractivity contribution is 6.62. The third-order valence-electron chi connectivity index (χ3n) is 5.47. The van der Waals surface area contributed by atoms with Gasteiger partial charge in [0.15, 0.2) is 5.82 Å². The summed E-state index contributed by atoms with van der Waals surface area (Å²) in [7, 11) is 0.717. The van der Waals surface area contributed by atoms with Gasteiger partial charge in [0.25, 0.3) is 0 Å². The number of halogens is 1. The zero-order chi connectivity index (χ0) is 19.4. The number of aromatic amines is 1. The minimum atomic E-state index is -0.829. The Bertz CT molecular complexity index is 985. The number of hydrogen-bond donors (Lipinski definition) is 1. The van der Waals surface area contributed by atoms with Crippen LogP contribution in [-0.2, 0) is 9.31 Å². The van der Waals surface area contributed by atoms with Gasteiger partial charge in [0.2, 0.25) is 0 Å². The van der Waals surface area contributed by atoms with Gasteiger partial charge >= 0.3 is 7.12 Å². The Balaban J connectivity index is 1.85. The molecule has 0 atom stereocenters. The molecule has 0 radical (unpaired) electrons. The van der Waals surface area contributed by atoms with Crippen molar-refractivity contribution in [1.29, 1.82) is 0 Å². The van der Waals surface area contributed by atoms with Crippen LogP contribution in [0.3, 0.4) is 0 Å². The maximum absolute atomic E-state index is 15.4. The minimum absolute atomic E-state index is 0.206. The standard InChI is InChI=1S/C20H22BFN2O3/c1-19(2)20(3,4)27-21(26-19)13-11-14(25-5)16-17(15(13)22)24-18(23-16)12-9-7-6-8-10-12/h6-11H,1-5H3,(H,23,24). The number of H-pyrrole nitrogens is 1. The van der Waals surface area contributed by atoms with Gasteiger partial charge in [-0.05, 0) is 33.8 Å². The van der Waals surface area contributed by atoms with Crippen molar-refractivity contribution < 1.29 is 18.4 Å². The molecule has 0 unspecified atom stereocenters. The lowest BCUT2D eigenvalue weighted by atomic mass is 9.78. The van der Waals surface area contributed by atoms with Crippen molar-refractivity contribution in [1.82, 2.24) is 9.97 Å². The van der Waals surface area contributed by atoms with E-state index in [2.05, 4.69) is 9.97 Å². The lowest BCUT2D eigenvalue weighted by Crippen LogP contribution is -2.41. The van der Waals surface area contributed by atoms with Crippen molar-refractivity contribution >= 4 is 23.6 Å². The number of hydrogen-bond acceptors (Lipinski definition) is 4. The molecule has 140 valence electrons. The van der Waals surface area contributed by atoms with Crippen molar-refractivity contribution in [3.63, 3.8) is 0 Å². The molecule has 0 saturated carbocycles. The predicted octanol–water partition coefficient (Wildman–Crippen LogP) is 3.68. The van der Waals surface area contributed by atoms with Gasteiger partial charge in [-0.15, -0.1) is 0 Å². The van der Waals surface area contributed by atoms with E-state index in [0.717, 1.165) is 5.56 Å². The molecule has 1 saturated heterocycles. The fourth-order valence-electron chi connectivity index (χ4n) is 3.16. The first-order valence-electron chi connectivity index (χ1n) is 8.90. The van der Waals surface area contributed by atoms with Crippen molar-refractivity contribution in [3.8, 4) is 17.1 Å². The molecule has 0 aliphatic carbocycles. The number of imidazole rings is 1. The van der Waals surface area contributed by atoms with Crippen LogP contribution in [0.4, 0.5) is 4.39 Å². The molecule has 0 bridgehead atoms. The minimum Gasteiger partial charge on any atom is -0.495 e. The summed E-state index contributed by atoms with van der Waals surface area (Å²) in [5, 5.41) is 0. The first kappa shape index (κ1) is 18.0. The fourth-order valence-corrected chi connectivity index (χ4v) is 3.16. The Labute approximate surface area is 158 Å². The van der Waals surface area contributed by atoms with Gasteiger partial charge in [-0.1, -0.05) is 30.3 Å². The number of aromatic nitrogens is 2. The third kappa shape index (κ3) is 2.82. The van der Waals surface area contributed by atoms with Crippen LogP contribution in [0, 0.1) is 5.82 Å². The molecule has 7 heteroatoms. The molecule has 4 rings (SSSR count). The number of methoxy groups -OCH3 is 1. The number of ether oxygens (including phenoxy) is 1. The van der Waals surface area contributed by atoms with E-state index in [1.807, 2.05) is 58.0 Å². The number of nitrogens with zero attached hydrogens (tertiary/aromatic N) is 1. The van der Waals surface area contributed by atoms with Crippen molar-refractivity contribution in [3.05, 3.63) is 42.2 Å². The first-order chi connectivity index (χ1) is 12.7. The predicted molar refractivity (Wildman–Crippen MR) is 104 cm³/mol. The van der Waals surface area contributed by atoms with Crippen LogP contribution >= 0.6 is 0 Å². The smallest absolute Gasteiger partial charge is 0.495 e. The summed E-state index contributed by atoms with van der Waals surface area (Å²) in [5.74, 6) is 0.599. The van der Waals surface area contributed by atoms with E-state index in [4.69, 9.17) is 14.0 Å². The van der Waals surface area contributed by atoms with Crippen LogP contribution in [0.2, 0.25) is 0 Å². The molecule has 1 aliphatic heterocycles. The van der Waals surface area contributed by atoms with Crippen molar-refractivity contribution in [2.75, 3.05) is 7.11 Å². The van der Waals surface area contributed by atoms with E-state index in [9.17, 15) is 0 Å². The molecule has 0 spiro atoms. The monoisotopic (exact) mass is 368 g/mol. The van der Waals surface area contributed by atoms with Crippen LogP contribution in [-0.4, -0.2) is 35.4 Å². The molecule has 0 amide bonds. The summed E-state index contributed by atoms with van der Waals surface area (Å²) in [6, 6.07) is 11.2. The largest absolute Gasteiger partial charge is 0.498 e. The van der Waals surface area contributed by atoms with E-state index in [0.29, 0.717) is 17.1 Å². The Hall–Kier alpha value is -2.38.